The van der Waals surface area contributed by atoms with E-state index in [2.05, 4.69) is 5.32 Å². The Morgan fingerprint density at radius 3 is 2.52 bits per heavy atom. The maximum atomic E-state index is 13.1. The Kier molecular flexibility index (Phi) is 7.93. The van der Waals surface area contributed by atoms with Crippen molar-refractivity contribution in [2.45, 2.75) is 58.5 Å². The predicted octanol–water partition coefficient (Wildman–Crippen LogP) is 2.99. The summed E-state index contributed by atoms with van der Waals surface area (Å²) in [6.45, 7) is 5.27. The van der Waals surface area contributed by atoms with Crippen molar-refractivity contribution >= 4 is 23.6 Å². The van der Waals surface area contributed by atoms with Gasteiger partial charge in [0.1, 0.15) is 11.5 Å². The first kappa shape index (κ1) is 22.6. The van der Waals surface area contributed by atoms with Crippen molar-refractivity contribution < 1.29 is 23.9 Å². The Labute approximate surface area is 171 Å². The van der Waals surface area contributed by atoms with Gasteiger partial charge in [-0.05, 0) is 45.1 Å². The molecular weight excluding hydrogens is 372 g/mol. The van der Waals surface area contributed by atoms with Crippen LogP contribution in [0.4, 0.5) is 0 Å². The molecule has 1 amide bonds. The molecule has 158 valence electrons. The number of carbonyl (C=O) groups is 3. The zero-order valence-corrected chi connectivity index (χ0v) is 17.6. The Bertz CT molecular complexity index is 762. The van der Waals surface area contributed by atoms with E-state index in [0.717, 1.165) is 12.0 Å². The van der Waals surface area contributed by atoms with Crippen LogP contribution in [-0.4, -0.2) is 43.3 Å². The fourth-order valence-electron chi connectivity index (χ4n) is 3.89. The molecule has 1 aromatic rings. The molecular formula is C22H30N2O5. The first-order valence-electron chi connectivity index (χ1n) is 9.98. The van der Waals surface area contributed by atoms with Crippen molar-refractivity contribution in [2.24, 2.45) is 10.4 Å². The minimum Gasteiger partial charge on any atom is -0.467 e. The van der Waals surface area contributed by atoms with E-state index >= 15 is 0 Å². The average molecular weight is 402 g/mol. The van der Waals surface area contributed by atoms with Gasteiger partial charge in [0.25, 0.3) is 0 Å². The molecule has 1 aromatic carbocycles. The summed E-state index contributed by atoms with van der Waals surface area (Å²) in [5.41, 5.74) is 0.697. The summed E-state index contributed by atoms with van der Waals surface area (Å²) in [5.74, 6) is -1.37. The second kappa shape index (κ2) is 10.2. The van der Waals surface area contributed by atoms with Crippen LogP contribution in [0.15, 0.2) is 35.3 Å². The molecule has 3 atom stereocenters. The number of hydrogen-bond donors (Lipinski definition) is 1. The molecule has 0 bridgehead atoms. The maximum absolute atomic E-state index is 13.1. The second-order valence-corrected chi connectivity index (χ2v) is 7.30. The lowest BCUT2D eigenvalue weighted by molar-refractivity contribution is -0.153. The summed E-state index contributed by atoms with van der Waals surface area (Å²) >= 11 is 0. The van der Waals surface area contributed by atoms with Crippen molar-refractivity contribution in [2.75, 3.05) is 13.7 Å². The predicted molar refractivity (Wildman–Crippen MR) is 109 cm³/mol. The summed E-state index contributed by atoms with van der Waals surface area (Å²) in [7, 11) is 1.26. The normalized spacial score (nSPS) is 22.0. The van der Waals surface area contributed by atoms with E-state index in [4.69, 9.17) is 14.5 Å². The quantitative estimate of drug-likeness (QED) is 0.675. The fourth-order valence-corrected chi connectivity index (χ4v) is 3.89. The van der Waals surface area contributed by atoms with E-state index in [1.165, 1.54) is 14.0 Å². The Morgan fingerprint density at radius 2 is 1.93 bits per heavy atom. The Morgan fingerprint density at radius 1 is 1.24 bits per heavy atom. The van der Waals surface area contributed by atoms with Crippen LogP contribution < -0.4 is 5.32 Å². The minimum absolute atomic E-state index is 0.0679. The number of nitrogens with zero attached hydrogens (tertiary/aromatic N) is 1. The monoisotopic (exact) mass is 402 g/mol. The van der Waals surface area contributed by atoms with Gasteiger partial charge in [0.15, 0.2) is 0 Å². The van der Waals surface area contributed by atoms with Gasteiger partial charge in [0.2, 0.25) is 5.91 Å². The molecule has 1 saturated carbocycles. The second-order valence-electron chi connectivity index (χ2n) is 7.30. The van der Waals surface area contributed by atoms with Crippen LogP contribution in [0.5, 0.6) is 0 Å². The van der Waals surface area contributed by atoms with Gasteiger partial charge in [-0.15, -0.1) is 0 Å². The number of ether oxygens (including phenoxy) is 2. The van der Waals surface area contributed by atoms with Gasteiger partial charge in [-0.1, -0.05) is 30.3 Å². The number of nitrogens with one attached hydrogen (secondary N) is 1. The van der Waals surface area contributed by atoms with Gasteiger partial charge >= 0.3 is 11.9 Å². The molecule has 0 heterocycles. The number of carbonyl (C=O) groups excluding carboxylic acids is 3. The Balaban J connectivity index is 2.43. The number of hydrogen-bond acceptors (Lipinski definition) is 6. The number of aliphatic imine (C=N–C) groups is 1. The molecule has 0 aromatic heterocycles. The smallest absolute Gasteiger partial charge is 0.328 e. The van der Waals surface area contributed by atoms with E-state index in [1.54, 1.807) is 6.92 Å². The molecule has 1 aliphatic rings. The van der Waals surface area contributed by atoms with E-state index < -0.39 is 23.4 Å². The van der Waals surface area contributed by atoms with E-state index in [9.17, 15) is 14.4 Å². The van der Waals surface area contributed by atoms with Crippen LogP contribution in [0.2, 0.25) is 0 Å². The summed E-state index contributed by atoms with van der Waals surface area (Å²) in [6.07, 6.45) is 1.98. The Hall–Kier alpha value is -2.70. The summed E-state index contributed by atoms with van der Waals surface area (Å²) in [5, 5.41) is 2.61. The number of rotatable bonds is 8. The highest BCUT2D eigenvalue weighted by molar-refractivity contribution is 6.08. The molecule has 2 rings (SSSR count). The van der Waals surface area contributed by atoms with Gasteiger partial charge < -0.3 is 14.8 Å². The molecule has 7 heteroatoms. The van der Waals surface area contributed by atoms with Crippen LogP contribution in [0, 0.1) is 5.41 Å². The van der Waals surface area contributed by atoms with E-state index in [1.807, 2.05) is 37.3 Å². The lowest BCUT2D eigenvalue weighted by Crippen LogP contribution is -2.48. The third-order valence-electron chi connectivity index (χ3n) is 5.28. The number of methoxy groups -OCH3 is 1. The lowest BCUT2D eigenvalue weighted by atomic mass is 9.78. The first-order valence-corrected chi connectivity index (χ1v) is 9.98. The van der Waals surface area contributed by atoms with E-state index in [-0.39, 0.29) is 25.0 Å². The van der Waals surface area contributed by atoms with Gasteiger partial charge in [-0.25, -0.2) is 4.79 Å². The number of benzene rings is 1. The molecule has 7 nitrogen and oxygen atoms in total. The molecule has 29 heavy (non-hydrogen) atoms. The van der Waals surface area contributed by atoms with Gasteiger partial charge in [0.05, 0.1) is 19.8 Å². The molecule has 0 aliphatic heterocycles. The molecule has 1 aliphatic carbocycles. The molecule has 1 fully saturated rings. The molecule has 0 saturated heterocycles. The van der Waals surface area contributed by atoms with Crippen LogP contribution in [0.25, 0.3) is 0 Å². The largest absolute Gasteiger partial charge is 0.467 e. The van der Waals surface area contributed by atoms with E-state index in [0.29, 0.717) is 18.6 Å². The zero-order chi connectivity index (χ0) is 21.4. The standard InChI is InChI=1S/C22H30N2O5/c1-5-29-21(27)22(14-18(20(26)28-4)24-16(3)25)13-9-12-19(22)23-15(2)17-10-7-6-8-11-17/h6-8,10-11,15,18H,5,9,12-14H2,1-4H3,(H,24,25)/b23-19+/t15?,18-,22-/m0/s1. The van der Waals surface area contributed by atoms with Crippen molar-refractivity contribution in [1.82, 2.24) is 5.32 Å². The lowest BCUT2D eigenvalue weighted by Gasteiger charge is -2.31. The van der Waals surface area contributed by atoms with Gasteiger partial charge in [0, 0.05) is 12.6 Å². The molecule has 0 radical (unpaired) electrons. The first-order chi connectivity index (χ1) is 13.8. The van der Waals surface area contributed by atoms with Crippen molar-refractivity contribution in [3.05, 3.63) is 35.9 Å². The average Bonchev–Trinajstić information content (AvgIpc) is 3.10. The highest BCUT2D eigenvalue weighted by Crippen LogP contribution is 2.42. The number of esters is 2. The summed E-state index contributed by atoms with van der Waals surface area (Å²) < 4.78 is 10.2. The topological polar surface area (TPSA) is 94.1 Å². The van der Waals surface area contributed by atoms with Gasteiger partial charge in [-0.3, -0.25) is 14.6 Å². The minimum atomic E-state index is -1.06. The molecule has 0 spiro atoms. The fraction of sp³-hybridized carbons (Fsp3) is 0.545. The van der Waals surface area contributed by atoms with Crippen molar-refractivity contribution in [3.63, 3.8) is 0 Å². The highest BCUT2D eigenvalue weighted by Gasteiger charge is 2.50. The van der Waals surface area contributed by atoms with Crippen LogP contribution in [0.1, 0.15) is 58.1 Å². The molecule has 1 unspecified atom stereocenters. The van der Waals surface area contributed by atoms with Crippen LogP contribution in [-0.2, 0) is 23.9 Å². The SMILES string of the molecule is CCOC(=O)[C@]1(C[C@H](NC(C)=O)C(=O)OC)CCC/C1=N\C(C)c1ccccc1. The van der Waals surface area contributed by atoms with Crippen molar-refractivity contribution in [1.29, 1.82) is 0 Å². The zero-order valence-electron chi connectivity index (χ0n) is 17.6. The summed E-state index contributed by atoms with van der Waals surface area (Å²) in [4.78, 5) is 41.8. The van der Waals surface area contributed by atoms with Gasteiger partial charge in [-0.2, -0.15) is 0 Å². The van der Waals surface area contributed by atoms with Crippen LogP contribution in [0.3, 0.4) is 0 Å². The van der Waals surface area contributed by atoms with Crippen molar-refractivity contribution in [3.8, 4) is 0 Å². The molecule has 1 N–H and O–H groups in total. The third-order valence-corrected chi connectivity index (χ3v) is 5.28. The van der Waals surface area contributed by atoms with Crippen LogP contribution >= 0.6 is 0 Å². The summed E-state index contributed by atoms with van der Waals surface area (Å²) in [6, 6.07) is 8.73. The third kappa shape index (κ3) is 5.43. The maximum Gasteiger partial charge on any atom is 0.328 e. The highest BCUT2D eigenvalue weighted by atomic mass is 16.5. The number of amides is 1.